The minimum atomic E-state index is -0.606. The summed E-state index contributed by atoms with van der Waals surface area (Å²) >= 11 is 19.6. The SMILES string of the molecule is CCCNC(=O)C(C)N(Cc1ccc(Cl)c(Cl)c1)C(=O)CSCc1cccc(Cl)c1. The highest BCUT2D eigenvalue weighted by atomic mass is 35.5. The highest BCUT2D eigenvalue weighted by Gasteiger charge is 2.26. The number of halogens is 3. The molecule has 0 heterocycles. The van der Waals surface area contributed by atoms with Gasteiger partial charge in [-0.05, 0) is 48.7 Å². The zero-order chi connectivity index (χ0) is 22.1. The number of hydrogen-bond donors (Lipinski definition) is 1. The third-order valence-electron chi connectivity index (χ3n) is 4.44. The van der Waals surface area contributed by atoms with E-state index >= 15 is 0 Å². The normalized spacial score (nSPS) is 11.8. The van der Waals surface area contributed by atoms with E-state index in [2.05, 4.69) is 5.32 Å². The maximum atomic E-state index is 13.0. The lowest BCUT2D eigenvalue weighted by atomic mass is 10.1. The number of carbonyl (C=O) groups excluding carboxylic acids is 2. The first-order chi connectivity index (χ1) is 14.3. The van der Waals surface area contributed by atoms with Gasteiger partial charge < -0.3 is 10.2 Å². The van der Waals surface area contributed by atoms with Gasteiger partial charge in [0.15, 0.2) is 0 Å². The van der Waals surface area contributed by atoms with E-state index in [4.69, 9.17) is 34.8 Å². The molecular weight excluding hydrogens is 463 g/mol. The van der Waals surface area contributed by atoms with Gasteiger partial charge in [0.05, 0.1) is 15.8 Å². The Morgan fingerprint density at radius 2 is 1.83 bits per heavy atom. The molecule has 0 saturated heterocycles. The molecule has 0 aliphatic rings. The predicted molar refractivity (Wildman–Crippen MR) is 127 cm³/mol. The van der Waals surface area contributed by atoms with Crippen LogP contribution in [0.15, 0.2) is 42.5 Å². The van der Waals surface area contributed by atoms with Gasteiger partial charge in [-0.1, -0.05) is 59.9 Å². The topological polar surface area (TPSA) is 49.4 Å². The molecule has 0 aromatic heterocycles. The van der Waals surface area contributed by atoms with E-state index in [1.54, 1.807) is 24.0 Å². The zero-order valence-corrected chi connectivity index (χ0v) is 20.0. The number of benzene rings is 2. The maximum absolute atomic E-state index is 13.0. The van der Waals surface area contributed by atoms with E-state index in [1.165, 1.54) is 11.8 Å². The third kappa shape index (κ3) is 7.69. The number of carbonyl (C=O) groups is 2. The third-order valence-corrected chi connectivity index (χ3v) is 6.40. The van der Waals surface area contributed by atoms with Crippen molar-refractivity contribution in [2.75, 3.05) is 12.3 Å². The number of rotatable bonds is 10. The molecule has 162 valence electrons. The molecule has 0 bridgehead atoms. The van der Waals surface area contributed by atoms with Gasteiger partial charge in [0.25, 0.3) is 0 Å². The fourth-order valence-electron chi connectivity index (χ4n) is 2.78. The van der Waals surface area contributed by atoms with Crippen LogP contribution in [0.3, 0.4) is 0 Å². The summed E-state index contributed by atoms with van der Waals surface area (Å²) in [4.78, 5) is 27.1. The first-order valence-electron chi connectivity index (χ1n) is 9.65. The summed E-state index contributed by atoms with van der Waals surface area (Å²) in [6, 6.07) is 12.2. The average Bonchev–Trinajstić information content (AvgIpc) is 2.72. The lowest BCUT2D eigenvalue weighted by Gasteiger charge is -2.29. The summed E-state index contributed by atoms with van der Waals surface area (Å²) in [6.07, 6.45) is 0.828. The fraction of sp³-hybridized carbons (Fsp3) is 0.364. The summed E-state index contributed by atoms with van der Waals surface area (Å²) in [5, 5.41) is 4.39. The van der Waals surface area contributed by atoms with Crippen LogP contribution in [-0.2, 0) is 21.9 Å². The molecule has 0 aliphatic heterocycles. The number of nitrogens with one attached hydrogen (secondary N) is 1. The Morgan fingerprint density at radius 3 is 2.50 bits per heavy atom. The second-order valence-corrected chi connectivity index (χ2v) is 9.10. The van der Waals surface area contributed by atoms with Gasteiger partial charge in [-0.3, -0.25) is 9.59 Å². The van der Waals surface area contributed by atoms with Gasteiger partial charge in [0.1, 0.15) is 6.04 Å². The highest BCUT2D eigenvalue weighted by molar-refractivity contribution is 7.99. The average molecular weight is 488 g/mol. The van der Waals surface area contributed by atoms with Crippen LogP contribution in [0.4, 0.5) is 0 Å². The maximum Gasteiger partial charge on any atom is 0.242 e. The fourth-order valence-corrected chi connectivity index (χ4v) is 4.17. The summed E-state index contributed by atoms with van der Waals surface area (Å²) in [5.74, 6) is 0.611. The molecule has 0 saturated carbocycles. The Bertz CT molecular complexity index is 879. The summed E-state index contributed by atoms with van der Waals surface area (Å²) < 4.78 is 0. The van der Waals surface area contributed by atoms with E-state index in [0.29, 0.717) is 27.4 Å². The van der Waals surface area contributed by atoms with Crippen molar-refractivity contribution in [1.82, 2.24) is 10.2 Å². The Balaban J connectivity index is 2.08. The lowest BCUT2D eigenvalue weighted by molar-refractivity contribution is -0.138. The summed E-state index contributed by atoms with van der Waals surface area (Å²) in [7, 11) is 0. The summed E-state index contributed by atoms with van der Waals surface area (Å²) in [6.45, 7) is 4.56. The van der Waals surface area contributed by atoms with E-state index in [9.17, 15) is 9.59 Å². The van der Waals surface area contributed by atoms with Crippen molar-refractivity contribution in [3.8, 4) is 0 Å². The van der Waals surface area contributed by atoms with Crippen molar-refractivity contribution in [2.45, 2.75) is 38.6 Å². The lowest BCUT2D eigenvalue weighted by Crippen LogP contribution is -2.48. The molecule has 2 amide bonds. The van der Waals surface area contributed by atoms with Crippen LogP contribution in [0.1, 0.15) is 31.4 Å². The quantitative estimate of drug-likeness (QED) is 0.459. The molecule has 1 N–H and O–H groups in total. The minimum absolute atomic E-state index is 0.118. The van der Waals surface area contributed by atoms with Gasteiger partial charge in [0.2, 0.25) is 11.8 Å². The predicted octanol–water partition coefficient (Wildman–Crippen LogP) is 5.82. The van der Waals surface area contributed by atoms with Crippen molar-refractivity contribution in [1.29, 1.82) is 0 Å². The molecule has 30 heavy (non-hydrogen) atoms. The van der Waals surface area contributed by atoms with Gasteiger partial charge in [-0.25, -0.2) is 0 Å². The molecular formula is C22H25Cl3N2O2S. The standard InChI is InChI=1S/C22H25Cl3N2O2S/c1-3-9-26-22(29)15(2)27(12-16-7-8-19(24)20(25)11-16)21(28)14-30-13-17-5-4-6-18(23)10-17/h4-8,10-11,15H,3,9,12-14H2,1-2H3,(H,26,29). The zero-order valence-electron chi connectivity index (χ0n) is 17.0. The van der Waals surface area contributed by atoms with E-state index < -0.39 is 6.04 Å². The number of amides is 2. The van der Waals surface area contributed by atoms with E-state index in [-0.39, 0.29) is 24.1 Å². The molecule has 2 rings (SSSR count). The second-order valence-electron chi connectivity index (χ2n) is 6.86. The van der Waals surface area contributed by atoms with Crippen LogP contribution >= 0.6 is 46.6 Å². The van der Waals surface area contributed by atoms with Crippen molar-refractivity contribution >= 4 is 58.4 Å². The Kier molecular flexibility index (Phi) is 10.3. The van der Waals surface area contributed by atoms with Crippen LogP contribution in [0, 0.1) is 0 Å². The van der Waals surface area contributed by atoms with Crippen LogP contribution < -0.4 is 5.32 Å². The molecule has 0 radical (unpaired) electrons. The Morgan fingerprint density at radius 1 is 1.07 bits per heavy atom. The molecule has 1 atom stereocenters. The van der Waals surface area contributed by atoms with Gasteiger partial charge in [-0.15, -0.1) is 11.8 Å². The molecule has 2 aromatic rings. The number of nitrogens with zero attached hydrogens (tertiary/aromatic N) is 1. The molecule has 2 aromatic carbocycles. The Labute approximate surface area is 197 Å². The van der Waals surface area contributed by atoms with Crippen LogP contribution in [0.25, 0.3) is 0 Å². The molecule has 8 heteroatoms. The minimum Gasteiger partial charge on any atom is -0.354 e. The van der Waals surface area contributed by atoms with Gasteiger partial charge in [-0.2, -0.15) is 0 Å². The molecule has 0 aliphatic carbocycles. The van der Waals surface area contributed by atoms with Crippen molar-refractivity contribution in [3.05, 3.63) is 68.7 Å². The number of hydrogen-bond acceptors (Lipinski definition) is 3. The van der Waals surface area contributed by atoms with Crippen LogP contribution in [0.2, 0.25) is 15.1 Å². The first-order valence-corrected chi connectivity index (χ1v) is 11.9. The smallest absolute Gasteiger partial charge is 0.242 e. The van der Waals surface area contributed by atoms with Crippen molar-refractivity contribution in [2.24, 2.45) is 0 Å². The highest BCUT2D eigenvalue weighted by Crippen LogP contribution is 2.24. The number of thioether (sulfide) groups is 1. The van der Waals surface area contributed by atoms with E-state index in [0.717, 1.165) is 17.5 Å². The molecule has 1 unspecified atom stereocenters. The largest absolute Gasteiger partial charge is 0.354 e. The summed E-state index contributed by atoms with van der Waals surface area (Å²) in [5.41, 5.74) is 1.86. The van der Waals surface area contributed by atoms with Crippen LogP contribution in [0.5, 0.6) is 0 Å². The second kappa shape index (κ2) is 12.5. The monoisotopic (exact) mass is 486 g/mol. The molecule has 0 fully saturated rings. The van der Waals surface area contributed by atoms with Gasteiger partial charge >= 0.3 is 0 Å². The van der Waals surface area contributed by atoms with Crippen molar-refractivity contribution in [3.63, 3.8) is 0 Å². The van der Waals surface area contributed by atoms with Gasteiger partial charge in [0, 0.05) is 23.9 Å². The molecule has 0 spiro atoms. The first kappa shape index (κ1) is 24.9. The van der Waals surface area contributed by atoms with Crippen LogP contribution in [-0.4, -0.2) is 35.1 Å². The molecule has 4 nitrogen and oxygen atoms in total. The van der Waals surface area contributed by atoms with Crippen molar-refractivity contribution < 1.29 is 9.59 Å². The van der Waals surface area contributed by atoms with E-state index in [1.807, 2.05) is 37.3 Å². The Hall–Kier alpha value is -1.40.